The van der Waals surface area contributed by atoms with E-state index in [1.54, 1.807) is 7.11 Å². The van der Waals surface area contributed by atoms with Crippen LogP contribution in [-0.2, 0) is 5.75 Å². The minimum atomic E-state index is 0.345. The molecular formula is C9H14N4OS. The van der Waals surface area contributed by atoms with Crippen molar-refractivity contribution in [2.45, 2.75) is 12.7 Å². The van der Waals surface area contributed by atoms with Gasteiger partial charge in [-0.05, 0) is 6.92 Å². The molecule has 0 atom stereocenters. The molecule has 15 heavy (non-hydrogen) atoms. The Morgan fingerprint density at radius 1 is 1.60 bits per heavy atom. The van der Waals surface area contributed by atoms with E-state index >= 15 is 0 Å². The Labute approximate surface area is 92.9 Å². The summed E-state index contributed by atoms with van der Waals surface area (Å²) in [7, 11) is 1.63. The van der Waals surface area contributed by atoms with Crippen molar-refractivity contribution >= 4 is 16.9 Å². The maximum Gasteiger partial charge on any atom is 0.177 e. The number of amidine groups is 1. The maximum atomic E-state index is 5.46. The van der Waals surface area contributed by atoms with Crippen LogP contribution in [0.2, 0.25) is 0 Å². The van der Waals surface area contributed by atoms with E-state index in [1.165, 1.54) is 11.8 Å². The van der Waals surface area contributed by atoms with Crippen molar-refractivity contribution in [2.75, 3.05) is 7.11 Å². The molecule has 0 aliphatic heterocycles. The van der Waals surface area contributed by atoms with Crippen LogP contribution in [0, 0.1) is 6.92 Å². The predicted molar refractivity (Wildman–Crippen MR) is 62.6 cm³/mol. The minimum Gasteiger partial charge on any atom is -0.497 e. The normalized spacial score (nSPS) is 11.5. The zero-order chi connectivity index (χ0) is 11.3. The Hall–Kier alpha value is -1.43. The largest absolute Gasteiger partial charge is 0.497 e. The van der Waals surface area contributed by atoms with Gasteiger partial charge in [-0.25, -0.2) is 0 Å². The van der Waals surface area contributed by atoms with Crippen LogP contribution in [0.25, 0.3) is 0 Å². The molecule has 0 aromatic carbocycles. The lowest BCUT2D eigenvalue weighted by molar-refractivity contribution is 0.413. The van der Waals surface area contributed by atoms with Gasteiger partial charge in [-0.15, -0.1) is 0 Å². The first kappa shape index (κ1) is 11.6. The molecule has 0 bridgehead atoms. The highest BCUT2D eigenvalue weighted by Gasteiger charge is 2.02. The van der Waals surface area contributed by atoms with Gasteiger partial charge in [0, 0.05) is 23.6 Å². The lowest BCUT2D eigenvalue weighted by Crippen LogP contribution is -2.09. The van der Waals surface area contributed by atoms with E-state index in [1.807, 2.05) is 19.1 Å². The molecule has 4 N–H and O–H groups in total. The molecule has 1 aromatic heterocycles. The number of ether oxygens (including phenoxy) is 1. The van der Waals surface area contributed by atoms with Crippen molar-refractivity contribution < 1.29 is 4.74 Å². The molecule has 0 fully saturated rings. The number of nitrogens with two attached hydrogens (primary N) is 2. The van der Waals surface area contributed by atoms with Gasteiger partial charge < -0.3 is 16.3 Å². The quantitative estimate of drug-likeness (QED) is 0.345. The molecule has 0 spiro atoms. The Bertz CT molecular complexity index is 367. The standard InChI is InChI=1S/C9H14N4OS/c1-6-3-8(14-2)4-7(12-6)5-15-9(10)13-11/h3-4H,5,11H2,1-2H3,(H2,10,13). The Kier molecular flexibility index (Phi) is 4.23. The minimum absolute atomic E-state index is 0.345. The molecule has 0 unspecified atom stereocenters. The maximum absolute atomic E-state index is 5.46. The fourth-order valence-electron chi connectivity index (χ4n) is 1.08. The molecule has 1 rings (SSSR count). The van der Waals surface area contributed by atoms with E-state index in [2.05, 4.69) is 10.1 Å². The third kappa shape index (κ3) is 3.67. The highest BCUT2D eigenvalue weighted by Crippen LogP contribution is 2.17. The van der Waals surface area contributed by atoms with Crippen LogP contribution >= 0.6 is 11.8 Å². The zero-order valence-electron chi connectivity index (χ0n) is 8.73. The molecule has 0 amide bonds. The first-order valence-corrected chi connectivity index (χ1v) is 5.32. The van der Waals surface area contributed by atoms with E-state index < -0.39 is 0 Å². The van der Waals surface area contributed by atoms with Crippen LogP contribution in [0.5, 0.6) is 5.75 Å². The molecule has 0 saturated heterocycles. The van der Waals surface area contributed by atoms with Gasteiger partial charge in [-0.2, -0.15) is 5.10 Å². The summed E-state index contributed by atoms with van der Waals surface area (Å²) in [5, 5.41) is 3.71. The molecule has 5 nitrogen and oxygen atoms in total. The van der Waals surface area contributed by atoms with E-state index in [9.17, 15) is 0 Å². The van der Waals surface area contributed by atoms with Gasteiger partial charge >= 0.3 is 0 Å². The zero-order valence-corrected chi connectivity index (χ0v) is 9.54. The van der Waals surface area contributed by atoms with Crippen molar-refractivity contribution in [3.05, 3.63) is 23.5 Å². The van der Waals surface area contributed by atoms with Crippen LogP contribution in [0.4, 0.5) is 0 Å². The number of thioether (sulfide) groups is 1. The second kappa shape index (κ2) is 5.45. The summed E-state index contributed by atoms with van der Waals surface area (Å²) in [5.41, 5.74) is 7.26. The number of hydrazone groups is 1. The van der Waals surface area contributed by atoms with Gasteiger partial charge in [0.2, 0.25) is 0 Å². The van der Waals surface area contributed by atoms with Gasteiger partial charge in [-0.3, -0.25) is 4.98 Å². The Balaban J connectivity index is 2.72. The van der Waals surface area contributed by atoms with Crippen LogP contribution in [0.1, 0.15) is 11.4 Å². The molecule has 6 heteroatoms. The highest BCUT2D eigenvalue weighted by molar-refractivity contribution is 8.13. The number of methoxy groups -OCH3 is 1. The molecular weight excluding hydrogens is 212 g/mol. The lowest BCUT2D eigenvalue weighted by atomic mass is 10.3. The highest BCUT2D eigenvalue weighted by atomic mass is 32.2. The van der Waals surface area contributed by atoms with E-state index in [4.69, 9.17) is 16.3 Å². The average Bonchev–Trinajstić information content (AvgIpc) is 2.25. The number of nitrogens with zero attached hydrogens (tertiary/aromatic N) is 2. The van der Waals surface area contributed by atoms with Crippen LogP contribution in [0.3, 0.4) is 0 Å². The second-order valence-corrected chi connectivity index (χ2v) is 3.89. The molecule has 1 aromatic rings. The number of hydrogen-bond donors (Lipinski definition) is 2. The van der Waals surface area contributed by atoms with Crippen molar-refractivity contribution in [3.63, 3.8) is 0 Å². The molecule has 0 radical (unpaired) electrons. The Morgan fingerprint density at radius 3 is 2.93 bits per heavy atom. The van der Waals surface area contributed by atoms with E-state index in [0.29, 0.717) is 10.9 Å². The number of hydrogen-bond acceptors (Lipinski definition) is 5. The van der Waals surface area contributed by atoms with Crippen molar-refractivity contribution in [2.24, 2.45) is 16.7 Å². The first-order valence-electron chi connectivity index (χ1n) is 4.33. The van der Waals surface area contributed by atoms with Crippen LogP contribution < -0.4 is 16.3 Å². The predicted octanol–water partition coefficient (Wildman–Crippen LogP) is 0.820. The fraction of sp³-hybridized carbons (Fsp3) is 0.333. The van der Waals surface area contributed by atoms with E-state index in [-0.39, 0.29) is 0 Å². The molecule has 1 heterocycles. The summed E-state index contributed by atoms with van der Waals surface area (Å²) in [6.45, 7) is 1.91. The lowest BCUT2D eigenvalue weighted by Gasteiger charge is -2.05. The number of pyridine rings is 1. The number of rotatable bonds is 3. The molecule has 0 aliphatic rings. The molecule has 82 valence electrons. The Morgan fingerprint density at radius 2 is 2.33 bits per heavy atom. The van der Waals surface area contributed by atoms with Crippen LogP contribution in [0.15, 0.2) is 17.2 Å². The van der Waals surface area contributed by atoms with Crippen molar-refractivity contribution in [3.8, 4) is 5.75 Å². The summed E-state index contributed by atoms with van der Waals surface area (Å²) in [6, 6.07) is 3.73. The van der Waals surface area contributed by atoms with Gasteiger partial charge in [0.25, 0.3) is 0 Å². The summed E-state index contributed by atoms with van der Waals surface area (Å²) in [6.07, 6.45) is 0. The second-order valence-electron chi connectivity index (χ2n) is 2.90. The third-order valence-corrected chi connectivity index (χ3v) is 2.55. The van der Waals surface area contributed by atoms with Gasteiger partial charge in [-0.1, -0.05) is 11.8 Å². The number of aryl methyl sites for hydroxylation is 1. The molecule has 0 saturated carbocycles. The van der Waals surface area contributed by atoms with E-state index in [0.717, 1.165) is 17.1 Å². The summed E-state index contributed by atoms with van der Waals surface area (Å²) < 4.78 is 5.13. The fourth-order valence-corrected chi connectivity index (χ4v) is 1.60. The summed E-state index contributed by atoms with van der Waals surface area (Å²) >= 11 is 1.34. The van der Waals surface area contributed by atoms with Crippen molar-refractivity contribution in [1.29, 1.82) is 0 Å². The van der Waals surface area contributed by atoms with Crippen molar-refractivity contribution in [1.82, 2.24) is 4.98 Å². The van der Waals surface area contributed by atoms with Crippen LogP contribution in [-0.4, -0.2) is 17.3 Å². The summed E-state index contributed by atoms with van der Waals surface area (Å²) in [4.78, 5) is 4.34. The topological polar surface area (TPSA) is 86.5 Å². The smallest absolute Gasteiger partial charge is 0.177 e. The SMILES string of the molecule is COc1cc(C)nc(CS/C(N)=N/N)c1. The number of aromatic nitrogens is 1. The first-order chi connectivity index (χ1) is 7.15. The third-order valence-electron chi connectivity index (χ3n) is 1.71. The van der Waals surface area contributed by atoms with Gasteiger partial charge in [0.05, 0.1) is 12.8 Å². The molecule has 0 aliphatic carbocycles. The average molecular weight is 226 g/mol. The monoisotopic (exact) mass is 226 g/mol. The van der Waals surface area contributed by atoms with Gasteiger partial charge in [0.15, 0.2) is 5.17 Å². The van der Waals surface area contributed by atoms with Gasteiger partial charge in [0.1, 0.15) is 5.75 Å². The summed E-state index contributed by atoms with van der Waals surface area (Å²) in [5.74, 6) is 6.44.